The first-order valence-electron chi connectivity index (χ1n) is 7.11. The van der Waals surface area contributed by atoms with Gasteiger partial charge in [-0.1, -0.05) is 37.3 Å². The lowest BCUT2D eigenvalue weighted by Crippen LogP contribution is -2.33. The van der Waals surface area contributed by atoms with Gasteiger partial charge in [-0.2, -0.15) is 0 Å². The van der Waals surface area contributed by atoms with Crippen molar-refractivity contribution in [3.63, 3.8) is 0 Å². The van der Waals surface area contributed by atoms with E-state index in [2.05, 4.69) is 0 Å². The summed E-state index contributed by atoms with van der Waals surface area (Å²) >= 11 is 0. The molecule has 4 heteroatoms. The van der Waals surface area contributed by atoms with Crippen molar-refractivity contribution in [3.8, 4) is 0 Å². The fraction of sp³-hybridized carbons (Fsp3) is 0.500. The van der Waals surface area contributed by atoms with Gasteiger partial charge in [0.1, 0.15) is 12.4 Å². The van der Waals surface area contributed by atoms with E-state index in [0.29, 0.717) is 6.54 Å². The van der Waals surface area contributed by atoms with E-state index in [0.717, 1.165) is 24.7 Å². The first-order valence-corrected chi connectivity index (χ1v) is 7.11. The van der Waals surface area contributed by atoms with E-state index in [9.17, 15) is 9.59 Å². The Morgan fingerprint density at radius 3 is 2.70 bits per heavy atom. The number of carbonyl (C=O) groups excluding carboxylic acids is 2. The highest BCUT2D eigenvalue weighted by Crippen LogP contribution is 2.32. The third kappa shape index (κ3) is 3.18. The summed E-state index contributed by atoms with van der Waals surface area (Å²) in [6.45, 7) is 4.54. The van der Waals surface area contributed by atoms with Crippen LogP contribution in [0.4, 0.5) is 4.79 Å². The molecule has 0 aromatic heterocycles. The number of carbonyl (C=O) groups is 2. The highest BCUT2D eigenvalue weighted by molar-refractivity contribution is 5.71. The average Bonchev–Trinajstić information content (AvgIpc) is 2.75. The first-order chi connectivity index (χ1) is 9.63. The van der Waals surface area contributed by atoms with Crippen molar-refractivity contribution >= 4 is 12.4 Å². The van der Waals surface area contributed by atoms with Gasteiger partial charge in [0.15, 0.2) is 0 Å². The summed E-state index contributed by atoms with van der Waals surface area (Å²) in [4.78, 5) is 24.3. The van der Waals surface area contributed by atoms with Crippen molar-refractivity contribution in [1.82, 2.24) is 4.90 Å². The quantitative estimate of drug-likeness (QED) is 0.749. The molecular weight excluding hydrogens is 254 g/mol. The lowest BCUT2D eigenvalue weighted by molar-refractivity contribution is -0.110. The maximum absolute atomic E-state index is 11.9. The van der Waals surface area contributed by atoms with Gasteiger partial charge in [-0.3, -0.25) is 0 Å². The molecule has 0 saturated carbocycles. The molecule has 1 heterocycles. The van der Waals surface area contributed by atoms with Crippen LogP contribution in [0.5, 0.6) is 0 Å². The second kappa shape index (κ2) is 6.55. The van der Waals surface area contributed by atoms with Gasteiger partial charge < -0.3 is 14.4 Å². The van der Waals surface area contributed by atoms with E-state index in [-0.39, 0.29) is 24.2 Å². The summed E-state index contributed by atoms with van der Waals surface area (Å²) in [5, 5.41) is 0. The van der Waals surface area contributed by atoms with Crippen LogP contribution in [0.25, 0.3) is 0 Å². The largest absolute Gasteiger partial charge is 0.439 e. The van der Waals surface area contributed by atoms with Gasteiger partial charge >= 0.3 is 6.09 Å². The van der Waals surface area contributed by atoms with Crippen molar-refractivity contribution in [1.29, 1.82) is 0 Å². The Kier molecular flexibility index (Phi) is 4.77. The maximum Gasteiger partial charge on any atom is 0.410 e. The van der Waals surface area contributed by atoms with Crippen LogP contribution in [0.3, 0.4) is 0 Å². The molecule has 108 valence electrons. The molecule has 0 spiro atoms. The van der Waals surface area contributed by atoms with Gasteiger partial charge in [-0.25, -0.2) is 4.79 Å². The van der Waals surface area contributed by atoms with Crippen LogP contribution in [0.2, 0.25) is 0 Å². The summed E-state index contributed by atoms with van der Waals surface area (Å²) < 4.78 is 5.47. The molecule has 1 unspecified atom stereocenters. The van der Waals surface area contributed by atoms with Crippen molar-refractivity contribution in [2.24, 2.45) is 5.92 Å². The van der Waals surface area contributed by atoms with Crippen LogP contribution >= 0.6 is 0 Å². The number of hydrogen-bond donors (Lipinski definition) is 0. The van der Waals surface area contributed by atoms with E-state index in [4.69, 9.17) is 4.74 Å². The molecule has 2 rings (SSSR count). The summed E-state index contributed by atoms with van der Waals surface area (Å²) in [5.74, 6) is 0.0499. The Bertz CT molecular complexity index is 460. The molecule has 1 aliphatic rings. The van der Waals surface area contributed by atoms with Gasteiger partial charge in [0.2, 0.25) is 0 Å². The van der Waals surface area contributed by atoms with E-state index in [1.165, 1.54) is 0 Å². The Hall–Kier alpha value is -1.84. The van der Waals surface area contributed by atoms with Crippen LogP contribution < -0.4 is 0 Å². The van der Waals surface area contributed by atoms with Crippen LogP contribution in [0.1, 0.15) is 38.4 Å². The molecular formula is C16H21NO3. The third-order valence-corrected chi connectivity index (χ3v) is 3.81. The summed E-state index contributed by atoms with van der Waals surface area (Å²) in [6.07, 6.45) is 2.12. The molecule has 0 aliphatic carbocycles. The maximum atomic E-state index is 11.9. The molecule has 1 amide bonds. The first kappa shape index (κ1) is 14.6. The highest BCUT2D eigenvalue weighted by atomic mass is 16.6. The smallest absolute Gasteiger partial charge is 0.410 e. The number of aldehydes is 1. The standard InChI is InChI=1S/C16H21NO3/c1-12(11-18)7-6-10-17-13(2)15(20-16(17)19)14-8-4-3-5-9-14/h3-5,8-9,11-13,15H,6-7,10H2,1-2H3/t12?,13-,15+/m1/s1. The number of hydrogen-bond acceptors (Lipinski definition) is 3. The molecule has 4 nitrogen and oxygen atoms in total. The Morgan fingerprint density at radius 1 is 1.35 bits per heavy atom. The van der Waals surface area contributed by atoms with Crippen molar-refractivity contribution in [3.05, 3.63) is 35.9 Å². The molecule has 1 saturated heterocycles. The van der Waals surface area contributed by atoms with Crippen LogP contribution in [0.15, 0.2) is 30.3 Å². The summed E-state index contributed by atoms with van der Waals surface area (Å²) in [7, 11) is 0. The van der Waals surface area contributed by atoms with Gasteiger partial charge in [0, 0.05) is 12.5 Å². The Labute approximate surface area is 119 Å². The van der Waals surface area contributed by atoms with Crippen molar-refractivity contribution in [2.45, 2.75) is 38.8 Å². The number of ether oxygens (including phenoxy) is 1. The molecule has 20 heavy (non-hydrogen) atoms. The summed E-state index contributed by atoms with van der Waals surface area (Å²) in [5.41, 5.74) is 1.03. The number of benzene rings is 1. The van der Waals surface area contributed by atoms with Crippen LogP contribution in [-0.4, -0.2) is 29.9 Å². The highest BCUT2D eigenvalue weighted by Gasteiger charge is 2.38. The van der Waals surface area contributed by atoms with Crippen LogP contribution in [0, 0.1) is 5.92 Å². The predicted molar refractivity (Wildman–Crippen MR) is 76.3 cm³/mol. The Morgan fingerprint density at radius 2 is 2.05 bits per heavy atom. The lowest BCUT2D eigenvalue weighted by Gasteiger charge is -2.21. The second-order valence-electron chi connectivity index (χ2n) is 5.40. The van der Waals surface area contributed by atoms with Gasteiger partial charge in [-0.15, -0.1) is 0 Å². The topological polar surface area (TPSA) is 46.6 Å². The normalized spacial score (nSPS) is 23.5. The average molecular weight is 275 g/mol. The number of amides is 1. The lowest BCUT2D eigenvalue weighted by atomic mass is 10.0. The molecule has 1 aliphatic heterocycles. The molecule has 1 aromatic rings. The molecule has 0 N–H and O–H groups in total. The zero-order valence-corrected chi connectivity index (χ0v) is 12.0. The minimum atomic E-state index is -0.259. The van der Waals surface area contributed by atoms with Crippen molar-refractivity contribution in [2.75, 3.05) is 6.54 Å². The van der Waals surface area contributed by atoms with Gasteiger partial charge in [0.25, 0.3) is 0 Å². The molecule has 0 bridgehead atoms. The number of cyclic esters (lactones) is 1. The Balaban J connectivity index is 1.95. The van der Waals surface area contributed by atoms with E-state index in [1.54, 1.807) is 4.90 Å². The van der Waals surface area contributed by atoms with Gasteiger partial charge in [-0.05, 0) is 25.3 Å². The van der Waals surface area contributed by atoms with E-state index >= 15 is 0 Å². The zero-order chi connectivity index (χ0) is 14.5. The molecule has 3 atom stereocenters. The zero-order valence-electron chi connectivity index (χ0n) is 12.0. The molecule has 1 fully saturated rings. The molecule has 1 aromatic carbocycles. The van der Waals surface area contributed by atoms with E-state index in [1.807, 2.05) is 44.2 Å². The monoisotopic (exact) mass is 275 g/mol. The number of nitrogens with zero attached hydrogens (tertiary/aromatic N) is 1. The fourth-order valence-electron chi connectivity index (χ4n) is 2.54. The second-order valence-corrected chi connectivity index (χ2v) is 5.40. The summed E-state index contributed by atoms with van der Waals surface area (Å²) in [6, 6.07) is 9.83. The molecule has 0 radical (unpaired) electrons. The minimum absolute atomic E-state index is 0.0245. The fourth-order valence-corrected chi connectivity index (χ4v) is 2.54. The SMILES string of the molecule is CC(C=O)CCCN1C(=O)O[C@H](c2ccccc2)[C@H]1C. The predicted octanol–water partition coefficient (Wildman–Crippen LogP) is 3.18. The van der Waals surface area contributed by atoms with Gasteiger partial charge in [0.05, 0.1) is 6.04 Å². The van der Waals surface area contributed by atoms with E-state index < -0.39 is 0 Å². The van der Waals surface area contributed by atoms with Crippen molar-refractivity contribution < 1.29 is 14.3 Å². The minimum Gasteiger partial charge on any atom is -0.439 e. The van der Waals surface area contributed by atoms with Crippen LogP contribution in [-0.2, 0) is 9.53 Å². The third-order valence-electron chi connectivity index (χ3n) is 3.81. The number of rotatable bonds is 6.